The first-order valence-corrected chi connectivity index (χ1v) is 8.66. The van der Waals surface area contributed by atoms with Crippen LogP contribution >= 0.6 is 0 Å². The van der Waals surface area contributed by atoms with E-state index in [0.717, 1.165) is 5.75 Å². The Morgan fingerprint density at radius 3 is 2.21 bits per heavy atom. The van der Waals surface area contributed by atoms with Gasteiger partial charge in [0.05, 0.1) is 0 Å². The zero-order valence-corrected chi connectivity index (χ0v) is 15.2. The van der Waals surface area contributed by atoms with Gasteiger partial charge in [-0.05, 0) is 30.0 Å². The van der Waals surface area contributed by atoms with Crippen molar-refractivity contribution in [3.05, 3.63) is 65.7 Å². The summed E-state index contributed by atoms with van der Waals surface area (Å²) in [5.41, 5.74) is 2.68. The molecule has 0 saturated carbocycles. The first kappa shape index (κ1) is 18.5. The standard InChI is InChI=1S/C21H29NO2/c1-16(17-8-6-5-7-9-17)22-14-19(23)15-24-20-12-10-18(11-13-20)21(2,3)4/h5-13,16,19,22-23H,14-15H2,1-4H3/p+1/t16-,19+/m0/s1. The van der Waals surface area contributed by atoms with Gasteiger partial charge in [0.2, 0.25) is 0 Å². The Labute approximate surface area is 145 Å². The van der Waals surface area contributed by atoms with E-state index in [1.54, 1.807) is 0 Å². The maximum absolute atomic E-state index is 10.1. The minimum absolute atomic E-state index is 0.139. The second-order valence-electron chi connectivity index (χ2n) is 7.41. The quantitative estimate of drug-likeness (QED) is 0.820. The van der Waals surface area contributed by atoms with Crippen molar-refractivity contribution in [2.45, 2.75) is 45.3 Å². The molecule has 2 atom stereocenters. The molecule has 24 heavy (non-hydrogen) atoms. The molecule has 0 amide bonds. The van der Waals surface area contributed by atoms with E-state index in [4.69, 9.17) is 4.74 Å². The van der Waals surface area contributed by atoms with E-state index in [-0.39, 0.29) is 5.41 Å². The van der Waals surface area contributed by atoms with Crippen LogP contribution in [-0.4, -0.2) is 24.4 Å². The van der Waals surface area contributed by atoms with E-state index in [1.165, 1.54) is 11.1 Å². The third-order valence-electron chi connectivity index (χ3n) is 4.25. The predicted octanol–water partition coefficient (Wildman–Crippen LogP) is 3.05. The van der Waals surface area contributed by atoms with Crippen LogP contribution in [0.3, 0.4) is 0 Å². The number of benzene rings is 2. The van der Waals surface area contributed by atoms with Crippen molar-refractivity contribution < 1.29 is 15.2 Å². The van der Waals surface area contributed by atoms with Gasteiger partial charge < -0.3 is 15.2 Å². The smallest absolute Gasteiger partial charge is 0.137 e. The molecule has 0 unspecified atom stereocenters. The molecular weight excluding hydrogens is 298 g/mol. The lowest BCUT2D eigenvalue weighted by Gasteiger charge is -2.19. The van der Waals surface area contributed by atoms with Crippen LogP contribution in [-0.2, 0) is 5.41 Å². The Morgan fingerprint density at radius 1 is 1.00 bits per heavy atom. The van der Waals surface area contributed by atoms with Gasteiger partial charge in [-0.2, -0.15) is 0 Å². The molecule has 0 aliphatic heterocycles. The Kier molecular flexibility index (Phi) is 6.41. The molecular formula is C21H30NO2+. The van der Waals surface area contributed by atoms with Gasteiger partial charge in [-0.25, -0.2) is 0 Å². The summed E-state index contributed by atoms with van der Waals surface area (Å²) in [6.45, 7) is 9.65. The molecule has 0 spiro atoms. The summed E-state index contributed by atoms with van der Waals surface area (Å²) in [4.78, 5) is 0. The molecule has 0 saturated heterocycles. The van der Waals surface area contributed by atoms with E-state index < -0.39 is 6.10 Å². The van der Waals surface area contributed by atoms with Gasteiger partial charge in [0, 0.05) is 5.56 Å². The molecule has 0 radical (unpaired) electrons. The zero-order chi connectivity index (χ0) is 17.6. The average Bonchev–Trinajstić information content (AvgIpc) is 2.58. The average molecular weight is 328 g/mol. The summed E-state index contributed by atoms with van der Waals surface area (Å²) in [7, 11) is 0. The van der Waals surface area contributed by atoms with Crippen molar-refractivity contribution in [2.24, 2.45) is 0 Å². The fourth-order valence-corrected chi connectivity index (χ4v) is 2.57. The van der Waals surface area contributed by atoms with Gasteiger partial charge in [-0.15, -0.1) is 0 Å². The van der Waals surface area contributed by atoms with Gasteiger partial charge in [0.25, 0.3) is 0 Å². The second-order valence-corrected chi connectivity index (χ2v) is 7.41. The number of ether oxygens (including phenoxy) is 1. The second kappa shape index (κ2) is 8.32. The molecule has 3 nitrogen and oxygen atoms in total. The molecule has 2 rings (SSSR count). The lowest BCUT2D eigenvalue weighted by Crippen LogP contribution is -2.87. The summed E-state index contributed by atoms with van der Waals surface area (Å²) in [5.74, 6) is 0.804. The minimum Gasteiger partial charge on any atom is -0.491 e. The van der Waals surface area contributed by atoms with Crippen LogP contribution in [0.1, 0.15) is 44.9 Å². The first-order chi connectivity index (χ1) is 11.4. The van der Waals surface area contributed by atoms with Gasteiger partial charge >= 0.3 is 0 Å². The minimum atomic E-state index is -0.488. The maximum Gasteiger partial charge on any atom is 0.137 e. The van der Waals surface area contributed by atoms with Crippen LogP contribution in [0.5, 0.6) is 5.75 Å². The number of hydrogen-bond acceptors (Lipinski definition) is 2. The highest BCUT2D eigenvalue weighted by Crippen LogP contribution is 2.24. The fourth-order valence-electron chi connectivity index (χ4n) is 2.57. The molecule has 3 heteroatoms. The number of quaternary nitrogens is 1. The molecule has 130 valence electrons. The summed E-state index contributed by atoms with van der Waals surface area (Å²) in [5, 5.41) is 12.3. The molecule has 0 aliphatic rings. The van der Waals surface area contributed by atoms with Crippen molar-refractivity contribution in [3.63, 3.8) is 0 Å². The molecule has 2 aromatic rings. The van der Waals surface area contributed by atoms with E-state index in [2.05, 4.69) is 57.3 Å². The lowest BCUT2D eigenvalue weighted by atomic mass is 9.87. The van der Waals surface area contributed by atoms with Crippen molar-refractivity contribution in [1.82, 2.24) is 0 Å². The van der Waals surface area contributed by atoms with E-state index >= 15 is 0 Å². The van der Waals surface area contributed by atoms with Crippen molar-refractivity contribution in [3.8, 4) is 5.75 Å². The fraction of sp³-hybridized carbons (Fsp3) is 0.429. The van der Waals surface area contributed by atoms with Crippen LogP contribution in [0.25, 0.3) is 0 Å². The third-order valence-corrected chi connectivity index (χ3v) is 4.25. The highest BCUT2D eigenvalue weighted by molar-refractivity contribution is 5.31. The molecule has 0 aliphatic carbocycles. The monoisotopic (exact) mass is 328 g/mol. The lowest BCUT2D eigenvalue weighted by molar-refractivity contribution is -0.698. The van der Waals surface area contributed by atoms with Crippen LogP contribution < -0.4 is 10.1 Å². The number of aliphatic hydroxyl groups excluding tert-OH is 1. The van der Waals surface area contributed by atoms with Crippen LogP contribution in [0.4, 0.5) is 0 Å². The van der Waals surface area contributed by atoms with Gasteiger partial charge in [-0.3, -0.25) is 0 Å². The summed E-state index contributed by atoms with van der Waals surface area (Å²) < 4.78 is 5.70. The predicted molar refractivity (Wildman–Crippen MR) is 98.3 cm³/mol. The van der Waals surface area contributed by atoms with E-state index in [1.807, 2.05) is 30.3 Å². The maximum atomic E-state index is 10.1. The molecule has 3 N–H and O–H groups in total. The number of rotatable bonds is 7. The third kappa shape index (κ3) is 5.66. The van der Waals surface area contributed by atoms with Crippen LogP contribution in [0.2, 0.25) is 0 Å². The van der Waals surface area contributed by atoms with Crippen LogP contribution in [0.15, 0.2) is 54.6 Å². The number of nitrogens with two attached hydrogens (primary N) is 1. The van der Waals surface area contributed by atoms with Gasteiger partial charge in [0.15, 0.2) is 0 Å². The van der Waals surface area contributed by atoms with Crippen molar-refractivity contribution in [1.29, 1.82) is 0 Å². The Morgan fingerprint density at radius 2 is 1.62 bits per heavy atom. The molecule has 0 heterocycles. The Hall–Kier alpha value is -1.84. The summed E-state index contributed by atoms with van der Waals surface area (Å²) >= 11 is 0. The first-order valence-electron chi connectivity index (χ1n) is 8.66. The number of hydrogen-bond donors (Lipinski definition) is 2. The molecule has 0 aromatic heterocycles. The van der Waals surface area contributed by atoms with E-state index in [0.29, 0.717) is 19.2 Å². The number of aliphatic hydroxyl groups is 1. The molecule has 0 bridgehead atoms. The van der Waals surface area contributed by atoms with E-state index in [9.17, 15) is 5.11 Å². The largest absolute Gasteiger partial charge is 0.491 e. The summed E-state index contributed by atoms with van der Waals surface area (Å²) in [6.07, 6.45) is -0.488. The Balaban J connectivity index is 1.76. The topological polar surface area (TPSA) is 46.1 Å². The van der Waals surface area contributed by atoms with Crippen molar-refractivity contribution in [2.75, 3.05) is 13.2 Å². The Bertz CT molecular complexity index is 602. The molecule has 0 fully saturated rings. The summed E-state index contributed by atoms with van der Waals surface area (Å²) in [6, 6.07) is 18.8. The molecule has 2 aromatic carbocycles. The highest BCUT2D eigenvalue weighted by atomic mass is 16.5. The van der Waals surface area contributed by atoms with Gasteiger partial charge in [0.1, 0.15) is 31.0 Å². The van der Waals surface area contributed by atoms with Gasteiger partial charge in [-0.1, -0.05) is 63.2 Å². The normalized spacial score (nSPS) is 14.2. The highest BCUT2D eigenvalue weighted by Gasteiger charge is 2.14. The zero-order valence-electron chi connectivity index (χ0n) is 15.2. The van der Waals surface area contributed by atoms with Crippen molar-refractivity contribution >= 4 is 0 Å². The van der Waals surface area contributed by atoms with Crippen LogP contribution in [0, 0.1) is 0 Å². The SMILES string of the molecule is C[C@H]([NH2+]C[C@@H](O)COc1ccc(C(C)(C)C)cc1)c1ccccc1.